The number of nitrogens with one attached hydrogen (secondary N) is 2. The fraction of sp³-hybridized carbons (Fsp3) is 0.412. The number of alkyl carbamates (subject to hydrolysis) is 1. The number of ether oxygens (including phenoxy) is 2. The van der Waals surface area contributed by atoms with Gasteiger partial charge in [0.1, 0.15) is 17.5 Å². The van der Waals surface area contributed by atoms with Gasteiger partial charge < -0.3 is 19.8 Å². The number of esters is 1. The number of aromatic amines is 1. The minimum absolute atomic E-state index is 0.00250. The number of carbonyl (C=O) groups excluding carboxylic acids is 2. The molecule has 6 nitrogen and oxygen atoms in total. The monoisotopic (exact) mass is 370 g/mol. The highest BCUT2D eigenvalue weighted by Gasteiger charge is 2.26. The van der Waals surface area contributed by atoms with Crippen molar-refractivity contribution in [3.8, 4) is 0 Å². The van der Waals surface area contributed by atoms with Crippen LogP contribution < -0.4 is 5.32 Å². The molecule has 0 aliphatic carbocycles. The van der Waals surface area contributed by atoms with Crippen LogP contribution in [0.15, 0.2) is 18.3 Å². The van der Waals surface area contributed by atoms with Gasteiger partial charge in [0.25, 0.3) is 0 Å². The Balaban J connectivity index is 2.24. The third kappa shape index (κ3) is 4.85. The third-order valence-corrected chi connectivity index (χ3v) is 3.70. The van der Waals surface area contributed by atoms with Gasteiger partial charge in [0.2, 0.25) is 0 Å². The van der Waals surface area contributed by atoms with Crippen molar-refractivity contribution in [2.24, 2.45) is 0 Å². The molecular formula is C17H20ClFN2O4. The van der Waals surface area contributed by atoms with Crippen molar-refractivity contribution in [3.05, 3.63) is 34.7 Å². The summed E-state index contributed by atoms with van der Waals surface area (Å²) in [5.41, 5.74) is 0.560. The van der Waals surface area contributed by atoms with Crippen molar-refractivity contribution in [2.75, 3.05) is 7.11 Å². The minimum Gasteiger partial charge on any atom is -0.467 e. The molecular weight excluding hydrogens is 351 g/mol. The van der Waals surface area contributed by atoms with Gasteiger partial charge >= 0.3 is 12.1 Å². The molecule has 1 heterocycles. The van der Waals surface area contributed by atoms with Crippen LogP contribution in [0.5, 0.6) is 0 Å². The van der Waals surface area contributed by atoms with Gasteiger partial charge in [0, 0.05) is 23.5 Å². The Kier molecular flexibility index (Phi) is 5.57. The Labute approximate surface area is 149 Å². The van der Waals surface area contributed by atoms with Crippen molar-refractivity contribution in [3.63, 3.8) is 0 Å². The number of methoxy groups -OCH3 is 1. The highest BCUT2D eigenvalue weighted by Crippen LogP contribution is 2.26. The average Bonchev–Trinajstić information content (AvgIpc) is 2.86. The summed E-state index contributed by atoms with van der Waals surface area (Å²) in [5, 5.41) is 3.05. The van der Waals surface area contributed by atoms with Crippen molar-refractivity contribution in [2.45, 2.75) is 38.8 Å². The summed E-state index contributed by atoms with van der Waals surface area (Å²) in [6, 6.07) is 1.77. The zero-order valence-corrected chi connectivity index (χ0v) is 15.2. The summed E-state index contributed by atoms with van der Waals surface area (Å²) in [4.78, 5) is 26.9. The smallest absolute Gasteiger partial charge is 0.408 e. The molecule has 0 spiro atoms. The van der Waals surface area contributed by atoms with E-state index in [9.17, 15) is 14.0 Å². The van der Waals surface area contributed by atoms with Crippen molar-refractivity contribution in [1.82, 2.24) is 10.3 Å². The van der Waals surface area contributed by atoms with E-state index >= 15 is 0 Å². The maximum Gasteiger partial charge on any atom is 0.408 e. The Morgan fingerprint density at radius 3 is 2.64 bits per heavy atom. The second-order valence-corrected chi connectivity index (χ2v) is 6.96. The van der Waals surface area contributed by atoms with Gasteiger partial charge in [0.05, 0.1) is 12.1 Å². The topological polar surface area (TPSA) is 80.4 Å². The lowest BCUT2D eigenvalue weighted by atomic mass is 10.0. The Morgan fingerprint density at radius 1 is 1.36 bits per heavy atom. The quantitative estimate of drug-likeness (QED) is 0.806. The molecule has 0 unspecified atom stereocenters. The number of fused-ring (bicyclic) bond motifs is 1. The number of aromatic nitrogens is 1. The average molecular weight is 371 g/mol. The first-order valence-corrected chi connectivity index (χ1v) is 8.01. The van der Waals surface area contributed by atoms with Gasteiger partial charge in [-0.2, -0.15) is 0 Å². The molecule has 1 aromatic carbocycles. The highest BCUT2D eigenvalue weighted by atomic mass is 35.5. The van der Waals surface area contributed by atoms with E-state index in [0.717, 1.165) is 0 Å². The Bertz CT molecular complexity index is 798. The predicted octanol–water partition coefficient (Wildman–Crippen LogP) is 3.57. The lowest BCUT2D eigenvalue weighted by molar-refractivity contribution is -0.143. The fourth-order valence-electron chi connectivity index (χ4n) is 2.35. The molecule has 1 amide bonds. The number of hydrogen-bond acceptors (Lipinski definition) is 4. The maximum absolute atomic E-state index is 13.7. The zero-order valence-electron chi connectivity index (χ0n) is 14.4. The Hall–Kier alpha value is -2.28. The Morgan fingerprint density at radius 2 is 2.04 bits per heavy atom. The van der Waals surface area contributed by atoms with E-state index < -0.39 is 29.5 Å². The van der Waals surface area contributed by atoms with Crippen LogP contribution >= 0.6 is 11.6 Å². The maximum atomic E-state index is 13.7. The first-order chi connectivity index (χ1) is 11.6. The van der Waals surface area contributed by atoms with Gasteiger partial charge in [-0.15, -0.1) is 0 Å². The minimum atomic E-state index is -0.974. The SMILES string of the molecule is COC(=O)[C@H](Cc1c[nH]c2cc(Cl)c(F)cc12)NC(=O)OC(C)(C)C. The van der Waals surface area contributed by atoms with Crippen LogP contribution in [0, 0.1) is 5.82 Å². The fourth-order valence-corrected chi connectivity index (χ4v) is 2.51. The van der Waals surface area contributed by atoms with Gasteiger partial charge in [-0.3, -0.25) is 0 Å². The molecule has 0 saturated heterocycles. The highest BCUT2D eigenvalue weighted by molar-refractivity contribution is 6.31. The first kappa shape index (κ1) is 19.1. The summed E-state index contributed by atoms with van der Waals surface area (Å²) in [6.07, 6.45) is 0.997. The summed E-state index contributed by atoms with van der Waals surface area (Å²) in [7, 11) is 1.22. The van der Waals surface area contributed by atoms with E-state index in [4.69, 9.17) is 21.1 Å². The van der Waals surface area contributed by atoms with E-state index in [2.05, 4.69) is 10.3 Å². The molecule has 0 aliphatic rings. The number of carbonyl (C=O) groups is 2. The summed E-state index contributed by atoms with van der Waals surface area (Å²) in [5.74, 6) is -1.20. The second kappa shape index (κ2) is 7.31. The van der Waals surface area contributed by atoms with Crippen LogP contribution in [0.4, 0.5) is 9.18 Å². The number of H-pyrrole nitrogens is 1. The van der Waals surface area contributed by atoms with E-state index in [1.807, 2.05) is 0 Å². The second-order valence-electron chi connectivity index (χ2n) is 6.55. The molecule has 2 aromatic rings. The summed E-state index contributed by atoms with van der Waals surface area (Å²) >= 11 is 5.76. The molecule has 0 radical (unpaired) electrons. The van der Waals surface area contributed by atoms with E-state index in [1.54, 1.807) is 27.0 Å². The summed E-state index contributed by atoms with van der Waals surface area (Å²) in [6.45, 7) is 5.14. The van der Waals surface area contributed by atoms with Gasteiger partial charge in [-0.25, -0.2) is 14.0 Å². The molecule has 1 aromatic heterocycles. The predicted molar refractivity (Wildman–Crippen MR) is 92.1 cm³/mol. The molecule has 0 bridgehead atoms. The molecule has 0 fully saturated rings. The van der Waals surface area contributed by atoms with Crippen LogP contribution in [-0.4, -0.2) is 35.8 Å². The van der Waals surface area contributed by atoms with E-state index in [1.165, 1.54) is 19.2 Å². The number of amides is 1. The molecule has 1 atom stereocenters. The lowest BCUT2D eigenvalue weighted by Gasteiger charge is -2.22. The molecule has 136 valence electrons. The zero-order chi connectivity index (χ0) is 18.8. The van der Waals surface area contributed by atoms with Crippen LogP contribution in [-0.2, 0) is 20.7 Å². The van der Waals surface area contributed by atoms with Gasteiger partial charge in [-0.05, 0) is 38.5 Å². The number of rotatable bonds is 4. The van der Waals surface area contributed by atoms with Crippen molar-refractivity contribution in [1.29, 1.82) is 0 Å². The van der Waals surface area contributed by atoms with Crippen LogP contribution in [0.25, 0.3) is 10.9 Å². The number of benzene rings is 1. The molecule has 2 rings (SSSR count). The molecule has 0 saturated carbocycles. The molecule has 8 heteroatoms. The molecule has 25 heavy (non-hydrogen) atoms. The van der Waals surface area contributed by atoms with Gasteiger partial charge in [0.15, 0.2) is 0 Å². The van der Waals surface area contributed by atoms with Gasteiger partial charge in [-0.1, -0.05) is 11.6 Å². The molecule has 2 N–H and O–H groups in total. The first-order valence-electron chi connectivity index (χ1n) is 7.63. The van der Waals surface area contributed by atoms with Crippen LogP contribution in [0.1, 0.15) is 26.3 Å². The standard InChI is InChI=1S/C17H20ClFN2O4/c1-17(2,3)25-16(23)21-14(15(22)24-4)5-9-8-20-13-7-11(18)12(19)6-10(9)13/h6-8,14,20H,5H2,1-4H3,(H,21,23)/t14-/m0/s1. The van der Waals surface area contributed by atoms with Crippen LogP contribution in [0.2, 0.25) is 5.02 Å². The lowest BCUT2D eigenvalue weighted by Crippen LogP contribution is -2.45. The van der Waals surface area contributed by atoms with E-state index in [-0.39, 0.29) is 11.4 Å². The van der Waals surface area contributed by atoms with Crippen LogP contribution in [0.3, 0.4) is 0 Å². The third-order valence-electron chi connectivity index (χ3n) is 3.41. The summed E-state index contributed by atoms with van der Waals surface area (Å²) < 4.78 is 23.6. The van der Waals surface area contributed by atoms with Crippen molar-refractivity contribution >= 4 is 34.6 Å². The van der Waals surface area contributed by atoms with Crippen molar-refractivity contribution < 1.29 is 23.5 Å². The van der Waals surface area contributed by atoms with E-state index in [0.29, 0.717) is 16.5 Å². The number of hydrogen-bond donors (Lipinski definition) is 2. The number of halogens is 2. The molecule has 0 aliphatic heterocycles. The normalized spacial score (nSPS) is 12.7. The largest absolute Gasteiger partial charge is 0.467 e.